The Balaban J connectivity index is 0.000000336. The molecule has 0 aromatic heterocycles. The molecule has 1 aromatic rings. The number of hydrogen-bond donors (Lipinski definition) is 2. The van der Waals surface area contributed by atoms with Gasteiger partial charge >= 0.3 is 0 Å². The standard InChI is InChI=1S/C8H8O2.C3H8O2/c1-10-8-4-2-7(6-9)3-5-8;1-3(5)2-4/h2-6H,1H3;3-5H,2H2,1H3. The van der Waals surface area contributed by atoms with Gasteiger partial charge in [0, 0.05) is 5.56 Å². The number of hydrogen-bond acceptors (Lipinski definition) is 4. The van der Waals surface area contributed by atoms with Crippen LogP contribution in [0.1, 0.15) is 17.3 Å². The minimum atomic E-state index is -0.560. The van der Waals surface area contributed by atoms with E-state index in [4.69, 9.17) is 14.9 Å². The Morgan fingerprint density at radius 2 is 1.87 bits per heavy atom. The van der Waals surface area contributed by atoms with E-state index in [-0.39, 0.29) is 6.61 Å². The second-order valence-corrected chi connectivity index (χ2v) is 2.92. The quantitative estimate of drug-likeness (QED) is 0.729. The molecule has 0 aliphatic carbocycles. The summed E-state index contributed by atoms with van der Waals surface area (Å²) in [5, 5.41) is 16.0. The second kappa shape index (κ2) is 7.96. The van der Waals surface area contributed by atoms with E-state index in [9.17, 15) is 4.79 Å². The molecule has 1 atom stereocenters. The van der Waals surface area contributed by atoms with Crippen LogP contribution >= 0.6 is 0 Å². The predicted molar refractivity (Wildman–Crippen MR) is 57.1 cm³/mol. The number of rotatable bonds is 3. The van der Waals surface area contributed by atoms with Crippen molar-refractivity contribution in [2.75, 3.05) is 13.7 Å². The largest absolute Gasteiger partial charge is 0.497 e. The summed E-state index contributed by atoms with van der Waals surface area (Å²) in [5.74, 6) is 0.769. The lowest BCUT2D eigenvalue weighted by Crippen LogP contribution is -2.03. The number of ether oxygens (including phenoxy) is 1. The fourth-order valence-electron chi connectivity index (χ4n) is 0.682. The molecule has 0 radical (unpaired) electrons. The second-order valence-electron chi connectivity index (χ2n) is 2.92. The normalized spacial score (nSPS) is 10.9. The molecule has 0 saturated heterocycles. The number of benzene rings is 1. The van der Waals surface area contributed by atoms with Gasteiger partial charge in [0.25, 0.3) is 0 Å². The lowest BCUT2D eigenvalue weighted by Gasteiger charge is -1.96. The van der Waals surface area contributed by atoms with Crippen molar-refractivity contribution in [2.24, 2.45) is 0 Å². The maximum absolute atomic E-state index is 10.2. The highest BCUT2D eigenvalue weighted by atomic mass is 16.5. The smallest absolute Gasteiger partial charge is 0.150 e. The first kappa shape index (κ1) is 13.6. The van der Waals surface area contributed by atoms with Gasteiger partial charge in [0.1, 0.15) is 12.0 Å². The van der Waals surface area contributed by atoms with E-state index in [1.54, 1.807) is 31.4 Å². The fraction of sp³-hybridized carbons (Fsp3) is 0.364. The van der Waals surface area contributed by atoms with Crippen LogP contribution in [-0.4, -0.2) is 36.3 Å². The van der Waals surface area contributed by atoms with Gasteiger partial charge in [-0.15, -0.1) is 0 Å². The minimum absolute atomic E-state index is 0.139. The summed E-state index contributed by atoms with van der Waals surface area (Å²) in [4.78, 5) is 10.2. The third-order valence-electron chi connectivity index (χ3n) is 1.52. The molecule has 15 heavy (non-hydrogen) atoms. The predicted octanol–water partition coefficient (Wildman–Crippen LogP) is 0.867. The van der Waals surface area contributed by atoms with Gasteiger partial charge in [-0.3, -0.25) is 4.79 Å². The van der Waals surface area contributed by atoms with Crippen LogP contribution in [-0.2, 0) is 0 Å². The minimum Gasteiger partial charge on any atom is -0.497 e. The Labute approximate surface area is 89.1 Å². The van der Waals surface area contributed by atoms with Gasteiger partial charge in [-0.1, -0.05) is 0 Å². The summed E-state index contributed by atoms with van der Waals surface area (Å²) < 4.78 is 4.90. The van der Waals surface area contributed by atoms with Crippen molar-refractivity contribution in [3.63, 3.8) is 0 Å². The Morgan fingerprint density at radius 3 is 2.13 bits per heavy atom. The summed E-state index contributed by atoms with van der Waals surface area (Å²) in [6.07, 6.45) is 0.245. The van der Waals surface area contributed by atoms with Crippen molar-refractivity contribution < 1.29 is 19.7 Å². The zero-order chi connectivity index (χ0) is 11.7. The van der Waals surface area contributed by atoms with E-state index >= 15 is 0 Å². The number of carbonyl (C=O) groups is 1. The van der Waals surface area contributed by atoms with E-state index < -0.39 is 6.10 Å². The van der Waals surface area contributed by atoms with Crippen LogP contribution in [0.4, 0.5) is 0 Å². The average molecular weight is 212 g/mol. The van der Waals surface area contributed by atoms with Crippen molar-refractivity contribution >= 4 is 6.29 Å². The summed E-state index contributed by atoms with van der Waals surface area (Å²) >= 11 is 0. The zero-order valence-corrected chi connectivity index (χ0v) is 8.88. The molecule has 0 aliphatic heterocycles. The molecule has 0 fully saturated rings. The Bertz CT molecular complexity index is 266. The molecular formula is C11H16O4. The average Bonchev–Trinajstić information content (AvgIpc) is 2.30. The number of aliphatic hydroxyl groups excluding tert-OH is 2. The number of aliphatic hydroxyl groups is 2. The maximum atomic E-state index is 10.2. The van der Waals surface area contributed by atoms with Crippen molar-refractivity contribution in [2.45, 2.75) is 13.0 Å². The van der Waals surface area contributed by atoms with Crippen LogP contribution < -0.4 is 4.74 Å². The first-order valence-electron chi connectivity index (χ1n) is 4.52. The topological polar surface area (TPSA) is 66.8 Å². The van der Waals surface area contributed by atoms with E-state index in [1.807, 2.05) is 0 Å². The number of methoxy groups -OCH3 is 1. The van der Waals surface area contributed by atoms with Gasteiger partial charge in [-0.05, 0) is 31.2 Å². The number of carbonyl (C=O) groups excluding carboxylic acids is 1. The summed E-state index contributed by atoms with van der Waals surface area (Å²) in [7, 11) is 1.59. The van der Waals surface area contributed by atoms with Gasteiger partial charge in [0.15, 0.2) is 0 Å². The molecule has 4 heteroatoms. The van der Waals surface area contributed by atoms with E-state index in [0.717, 1.165) is 12.0 Å². The lowest BCUT2D eigenvalue weighted by atomic mass is 10.2. The Hall–Kier alpha value is -1.39. The molecule has 0 spiro atoms. The van der Waals surface area contributed by atoms with Gasteiger partial charge in [0.2, 0.25) is 0 Å². The third kappa shape index (κ3) is 6.65. The monoisotopic (exact) mass is 212 g/mol. The molecule has 1 unspecified atom stereocenters. The SMILES string of the molecule is CC(O)CO.COc1ccc(C=O)cc1. The number of aldehydes is 1. The van der Waals surface area contributed by atoms with Crippen LogP contribution in [0.15, 0.2) is 24.3 Å². The zero-order valence-electron chi connectivity index (χ0n) is 8.88. The highest BCUT2D eigenvalue weighted by molar-refractivity contribution is 5.74. The highest BCUT2D eigenvalue weighted by Crippen LogP contribution is 2.09. The van der Waals surface area contributed by atoms with Crippen LogP contribution in [0.25, 0.3) is 0 Å². The molecule has 1 aromatic carbocycles. The van der Waals surface area contributed by atoms with Crippen LogP contribution in [0.3, 0.4) is 0 Å². The van der Waals surface area contributed by atoms with Gasteiger partial charge < -0.3 is 14.9 Å². The van der Waals surface area contributed by atoms with Crippen LogP contribution in [0.2, 0.25) is 0 Å². The first-order chi connectivity index (χ1) is 7.13. The molecule has 4 nitrogen and oxygen atoms in total. The molecule has 0 amide bonds. The van der Waals surface area contributed by atoms with E-state index in [2.05, 4.69) is 0 Å². The fourth-order valence-corrected chi connectivity index (χ4v) is 0.682. The Morgan fingerprint density at radius 1 is 1.40 bits per heavy atom. The molecule has 0 bridgehead atoms. The molecule has 1 rings (SSSR count). The van der Waals surface area contributed by atoms with Crippen molar-refractivity contribution in [3.8, 4) is 5.75 Å². The molecular weight excluding hydrogens is 196 g/mol. The van der Waals surface area contributed by atoms with Crippen molar-refractivity contribution in [1.29, 1.82) is 0 Å². The molecule has 84 valence electrons. The molecule has 0 aliphatic rings. The molecule has 0 saturated carbocycles. The summed E-state index contributed by atoms with van der Waals surface area (Å²) in [6.45, 7) is 1.39. The van der Waals surface area contributed by atoms with Gasteiger partial charge in [-0.2, -0.15) is 0 Å². The molecule has 2 N–H and O–H groups in total. The lowest BCUT2D eigenvalue weighted by molar-refractivity contribution is 0.110. The van der Waals surface area contributed by atoms with Crippen LogP contribution in [0, 0.1) is 0 Å². The Kier molecular flexibility index (Phi) is 7.23. The van der Waals surface area contributed by atoms with E-state index in [1.165, 1.54) is 6.92 Å². The molecule has 0 heterocycles. The van der Waals surface area contributed by atoms with E-state index in [0.29, 0.717) is 5.56 Å². The van der Waals surface area contributed by atoms with Gasteiger partial charge in [0.05, 0.1) is 19.8 Å². The summed E-state index contributed by atoms with van der Waals surface area (Å²) in [5.41, 5.74) is 0.667. The maximum Gasteiger partial charge on any atom is 0.150 e. The van der Waals surface area contributed by atoms with Crippen molar-refractivity contribution in [1.82, 2.24) is 0 Å². The van der Waals surface area contributed by atoms with Gasteiger partial charge in [-0.25, -0.2) is 0 Å². The highest BCUT2D eigenvalue weighted by Gasteiger charge is 1.89. The third-order valence-corrected chi connectivity index (χ3v) is 1.52. The van der Waals surface area contributed by atoms with Crippen LogP contribution in [0.5, 0.6) is 5.75 Å². The summed E-state index contributed by atoms with van der Waals surface area (Å²) in [6, 6.07) is 6.94. The van der Waals surface area contributed by atoms with Crippen molar-refractivity contribution in [3.05, 3.63) is 29.8 Å². The first-order valence-corrected chi connectivity index (χ1v) is 4.52.